The molecule has 0 N–H and O–H groups in total. The van der Waals surface area contributed by atoms with Crippen molar-refractivity contribution < 1.29 is 0 Å². The molecule has 3 nitrogen and oxygen atoms in total. The number of fused-ring (bicyclic) bond motifs is 7. The first kappa shape index (κ1) is 34.1. The highest BCUT2D eigenvalue weighted by Crippen LogP contribution is 2.39. The third kappa shape index (κ3) is 5.55. The maximum absolute atomic E-state index is 5.34. The summed E-state index contributed by atoms with van der Waals surface area (Å²) >= 11 is 0. The molecule has 0 aliphatic carbocycles. The van der Waals surface area contributed by atoms with Gasteiger partial charge in [0, 0.05) is 32.8 Å². The van der Waals surface area contributed by atoms with Crippen molar-refractivity contribution in [3.63, 3.8) is 0 Å². The molecular formula is C57H37N3. The van der Waals surface area contributed by atoms with Crippen LogP contribution in [0.15, 0.2) is 224 Å². The Morgan fingerprint density at radius 3 is 1.63 bits per heavy atom. The van der Waals surface area contributed by atoms with Crippen molar-refractivity contribution in [2.75, 3.05) is 0 Å². The van der Waals surface area contributed by atoms with Crippen LogP contribution in [-0.2, 0) is 0 Å². The Hall–Kier alpha value is -8.01. The van der Waals surface area contributed by atoms with E-state index in [2.05, 4.69) is 234 Å². The number of para-hydroxylation sites is 2. The van der Waals surface area contributed by atoms with Crippen molar-refractivity contribution in [3.8, 4) is 56.1 Å². The van der Waals surface area contributed by atoms with Crippen molar-refractivity contribution in [1.82, 2.24) is 14.1 Å². The Kier molecular flexibility index (Phi) is 7.85. The number of aromatic nitrogens is 3. The molecule has 3 heterocycles. The summed E-state index contributed by atoms with van der Waals surface area (Å²) in [6.45, 7) is 0. The van der Waals surface area contributed by atoms with Gasteiger partial charge in [-0.15, -0.1) is 0 Å². The summed E-state index contributed by atoms with van der Waals surface area (Å²) in [5.41, 5.74) is 14.9. The molecule has 0 bridgehead atoms. The summed E-state index contributed by atoms with van der Waals surface area (Å²) in [4.78, 5) is 5.34. The molecule has 3 aromatic heterocycles. The van der Waals surface area contributed by atoms with Gasteiger partial charge in [-0.05, 0) is 98.8 Å². The first-order chi connectivity index (χ1) is 29.7. The minimum Gasteiger partial charge on any atom is -0.309 e. The zero-order chi connectivity index (χ0) is 39.6. The molecule has 60 heavy (non-hydrogen) atoms. The first-order valence-electron chi connectivity index (χ1n) is 20.5. The van der Waals surface area contributed by atoms with Crippen LogP contribution in [0.1, 0.15) is 0 Å². The van der Waals surface area contributed by atoms with Gasteiger partial charge in [-0.3, -0.25) is 4.57 Å². The fraction of sp³-hybridized carbons (Fsp3) is 0. The lowest BCUT2D eigenvalue weighted by atomic mass is 9.98. The van der Waals surface area contributed by atoms with Crippen molar-refractivity contribution in [2.24, 2.45) is 0 Å². The number of pyridine rings is 1. The number of hydrogen-bond donors (Lipinski definition) is 0. The normalized spacial score (nSPS) is 11.7. The average molecular weight is 764 g/mol. The highest BCUT2D eigenvalue weighted by molar-refractivity contribution is 6.12. The second kappa shape index (κ2) is 13.8. The first-order valence-corrected chi connectivity index (χ1v) is 20.5. The van der Waals surface area contributed by atoms with Crippen molar-refractivity contribution in [2.45, 2.75) is 0 Å². The van der Waals surface area contributed by atoms with Gasteiger partial charge >= 0.3 is 0 Å². The van der Waals surface area contributed by atoms with Gasteiger partial charge < -0.3 is 4.57 Å². The Bertz CT molecular complexity index is 3510. The molecule has 0 saturated carbocycles. The summed E-state index contributed by atoms with van der Waals surface area (Å²) < 4.78 is 4.75. The maximum Gasteiger partial charge on any atom is 0.138 e. The van der Waals surface area contributed by atoms with Crippen LogP contribution in [-0.4, -0.2) is 14.1 Å². The summed E-state index contributed by atoms with van der Waals surface area (Å²) in [5, 5.41) is 7.40. The molecule has 12 rings (SSSR count). The Labute approximate surface area is 347 Å². The Morgan fingerprint density at radius 1 is 0.283 bits per heavy atom. The lowest BCUT2D eigenvalue weighted by Crippen LogP contribution is -2.00. The van der Waals surface area contributed by atoms with E-state index in [-0.39, 0.29) is 0 Å². The van der Waals surface area contributed by atoms with E-state index < -0.39 is 0 Å². The summed E-state index contributed by atoms with van der Waals surface area (Å²) in [6.07, 6.45) is 0. The number of nitrogens with zero attached hydrogens (tertiary/aromatic N) is 3. The lowest BCUT2D eigenvalue weighted by Gasteiger charge is -2.13. The third-order valence-corrected chi connectivity index (χ3v) is 12.1. The molecule has 280 valence electrons. The molecule has 0 unspecified atom stereocenters. The highest BCUT2D eigenvalue weighted by Gasteiger charge is 2.18. The quantitative estimate of drug-likeness (QED) is 0.165. The van der Waals surface area contributed by atoms with Gasteiger partial charge in [-0.25, -0.2) is 4.98 Å². The molecule has 0 fully saturated rings. The van der Waals surface area contributed by atoms with E-state index >= 15 is 0 Å². The van der Waals surface area contributed by atoms with Crippen LogP contribution in [0.5, 0.6) is 0 Å². The predicted octanol–water partition coefficient (Wildman–Crippen LogP) is 15.1. The maximum atomic E-state index is 5.34. The zero-order valence-electron chi connectivity index (χ0n) is 32.7. The summed E-state index contributed by atoms with van der Waals surface area (Å²) in [6, 6.07) is 81.0. The third-order valence-electron chi connectivity index (χ3n) is 12.1. The lowest BCUT2D eigenvalue weighted by molar-refractivity contribution is 1.08. The largest absolute Gasteiger partial charge is 0.309 e. The van der Waals surface area contributed by atoms with Gasteiger partial charge in [0.15, 0.2) is 0 Å². The van der Waals surface area contributed by atoms with Gasteiger partial charge in [0.1, 0.15) is 5.82 Å². The van der Waals surface area contributed by atoms with Gasteiger partial charge in [0.05, 0.1) is 27.8 Å². The molecule has 0 radical (unpaired) electrons. The minimum atomic E-state index is 0.895. The molecule has 12 aromatic rings. The SMILES string of the molecule is c1ccc(-c2cc(-c3ccccc3)nc(-n3c4ccccc4c4cc(-c5ccc6c7ccccc7n(-c7ccc(-c8cccc9ccccc89)cc7)c6c5)ccc43)c2)cc1. The number of hydrogen-bond acceptors (Lipinski definition) is 1. The average Bonchev–Trinajstić information content (AvgIpc) is 3.84. The van der Waals surface area contributed by atoms with Gasteiger partial charge in [0.25, 0.3) is 0 Å². The fourth-order valence-corrected chi connectivity index (χ4v) is 9.28. The Balaban J connectivity index is 1.01. The van der Waals surface area contributed by atoms with Crippen LogP contribution in [0.2, 0.25) is 0 Å². The van der Waals surface area contributed by atoms with Crippen LogP contribution < -0.4 is 0 Å². The summed E-state index contributed by atoms with van der Waals surface area (Å²) in [5.74, 6) is 0.895. The molecule has 0 spiro atoms. The van der Waals surface area contributed by atoms with E-state index in [4.69, 9.17) is 4.98 Å². The Morgan fingerprint density at radius 2 is 0.850 bits per heavy atom. The van der Waals surface area contributed by atoms with E-state index in [0.29, 0.717) is 0 Å². The molecule has 0 aliphatic rings. The topological polar surface area (TPSA) is 22.8 Å². The number of rotatable bonds is 6. The molecule has 0 amide bonds. The van der Waals surface area contributed by atoms with E-state index in [0.717, 1.165) is 44.9 Å². The van der Waals surface area contributed by atoms with Crippen molar-refractivity contribution >= 4 is 54.4 Å². The van der Waals surface area contributed by atoms with E-state index in [1.54, 1.807) is 0 Å². The zero-order valence-corrected chi connectivity index (χ0v) is 32.7. The minimum absolute atomic E-state index is 0.895. The van der Waals surface area contributed by atoms with E-state index in [1.807, 2.05) is 0 Å². The van der Waals surface area contributed by atoms with Crippen LogP contribution in [0, 0.1) is 0 Å². The van der Waals surface area contributed by atoms with Gasteiger partial charge in [-0.1, -0.05) is 170 Å². The molecule has 9 aromatic carbocycles. The second-order valence-corrected chi connectivity index (χ2v) is 15.6. The van der Waals surface area contributed by atoms with Crippen LogP contribution >= 0.6 is 0 Å². The monoisotopic (exact) mass is 763 g/mol. The second-order valence-electron chi connectivity index (χ2n) is 15.6. The van der Waals surface area contributed by atoms with Crippen molar-refractivity contribution in [1.29, 1.82) is 0 Å². The summed E-state index contributed by atoms with van der Waals surface area (Å²) in [7, 11) is 0. The molecule has 0 atom stereocenters. The van der Waals surface area contributed by atoms with Crippen LogP contribution in [0.3, 0.4) is 0 Å². The van der Waals surface area contributed by atoms with Crippen molar-refractivity contribution in [3.05, 3.63) is 224 Å². The fourth-order valence-electron chi connectivity index (χ4n) is 9.28. The molecular weight excluding hydrogens is 727 g/mol. The van der Waals surface area contributed by atoms with E-state index in [1.165, 1.54) is 65.6 Å². The highest BCUT2D eigenvalue weighted by atomic mass is 15.1. The van der Waals surface area contributed by atoms with E-state index in [9.17, 15) is 0 Å². The van der Waals surface area contributed by atoms with Crippen LogP contribution in [0.25, 0.3) is 111 Å². The molecule has 0 saturated heterocycles. The van der Waals surface area contributed by atoms with Gasteiger partial charge in [0.2, 0.25) is 0 Å². The van der Waals surface area contributed by atoms with Crippen LogP contribution in [0.4, 0.5) is 0 Å². The standard InChI is InChI=1S/C57H37N3/c1-3-14-38(15-4-1)44-35-52(41-17-5-2-6-18-41)58-57(37-44)60-54-25-12-10-22-49(54)51-34-42(29-33-55(51)60)43-28-32-50-48-21-9-11-24-53(48)59(56(50)36-43)45-30-26-40(27-31-45)47-23-13-19-39-16-7-8-20-46(39)47/h1-37H. The smallest absolute Gasteiger partial charge is 0.138 e. The predicted molar refractivity (Wildman–Crippen MR) is 252 cm³/mol. The number of benzene rings is 9. The van der Waals surface area contributed by atoms with Gasteiger partial charge in [-0.2, -0.15) is 0 Å². The molecule has 0 aliphatic heterocycles. The molecule has 3 heteroatoms.